The van der Waals surface area contributed by atoms with Crippen LogP contribution in [0, 0.1) is 0 Å². The van der Waals surface area contributed by atoms with Gasteiger partial charge in [0.2, 0.25) is 5.91 Å². The maximum Gasteiger partial charge on any atom is 0.352 e. The van der Waals surface area contributed by atoms with Gasteiger partial charge in [0.1, 0.15) is 16.9 Å². The lowest BCUT2D eigenvalue weighted by Crippen LogP contribution is -2.36. The summed E-state index contributed by atoms with van der Waals surface area (Å²) < 4.78 is 15.6. The number of esters is 3. The Hall–Kier alpha value is -3.69. The second kappa shape index (κ2) is 11.0. The van der Waals surface area contributed by atoms with Gasteiger partial charge in [0.15, 0.2) is 5.92 Å². The van der Waals surface area contributed by atoms with Gasteiger partial charge in [0.25, 0.3) is 0 Å². The fourth-order valence-corrected chi connectivity index (χ4v) is 2.78. The number of ether oxygens (including phenoxy) is 3. The Morgan fingerprint density at radius 3 is 1.82 bits per heavy atom. The molecule has 1 rings (SSSR count). The molecule has 10 nitrogen and oxygen atoms in total. The minimum absolute atomic E-state index is 0.0381. The lowest BCUT2D eigenvalue weighted by atomic mass is 9.91. The van der Waals surface area contributed by atoms with Crippen LogP contribution in [0.3, 0.4) is 0 Å². The van der Waals surface area contributed by atoms with Crippen molar-refractivity contribution >= 4 is 35.9 Å². The van der Waals surface area contributed by atoms with Crippen LogP contribution in [0.15, 0.2) is 23.9 Å². The number of hydrogen-bond donors (Lipinski definition) is 2. The van der Waals surface area contributed by atoms with Crippen LogP contribution in [0.2, 0.25) is 0 Å². The maximum absolute atomic E-state index is 13.0. The largest absolute Gasteiger partial charge is 0.477 e. The number of rotatable bonds is 7. The lowest BCUT2D eigenvalue weighted by Gasteiger charge is -2.27. The maximum atomic E-state index is 13.0. The van der Waals surface area contributed by atoms with Gasteiger partial charge in [-0.15, -0.1) is 0 Å². The van der Waals surface area contributed by atoms with Crippen molar-refractivity contribution in [3.63, 3.8) is 0 Å². The topological polar surface area (TPSA) is 145 Å². The van der Waals surface area contributed by atoms with Gasteiger partial charge in [-0.1, -0.05) is 12.1 Å². The zero-order chi connectivity index (χ0) is 26.4. The molecule has 0 aromatic heterocycles. The van der Waals surface area contributed by atoms with Crippen molar-refractivity contribution in [2.24, 2.45) is 0 Å². The van der Waals surface area contributed by atoms with Crippen LogP contribution in [0.1, 0.15) is 75.9 Å². The van der Waals surface area contributed by atoms with Gasteiger partial charge < -0.3 is 24.6 Å². The third kappa shape index (κ3) is 8.68. The van der Waals surface area contributed by atoms with E-state index in [0.29, 0.717) is 0 Å². The van der Waals surface area contributed by atoms with E-state index in [-0.39, 0.29) is 16.7 Å². The Morgan fingerprint density at radius 1 is 0.941 bits per heavy atom. The van der Waals surface area contributed by atoms with Crippen molar-refractivity contribution < 1.29 is 43.3 Å². The molecule has 0 fully saturated rings. The van der Waals surface area contributed by atoms with Gasteiger partial charge in [-0.25, -0.2) is 9.59 Å². The minimum atomic E-state index is -1.61. The third-order valence-corrected chi connectivity index (χ3v) is 3.93. The van der Waals surface area contributed by atoms with E-state index in [0.717, 1.165) is 20.1 Å². The highest BCUT2D eigenvalue weighted by atomic mass is 16.6. The Morgan fingerprint density at radius 2 is 1.44 bits per heavy atom. The van der Waals surface area contributed by atoms with Crippen LogP contribution in [0.5, 0.6) is 0 Å². The first-order valence-corrected chi connectivity index (χ1v) is 10.4. The SMILES string of the molecule is COC(=O)c1cc(/C=C(\NC(C)=O)C(=O)O)ccc1C(C(=O)OC(C)(C)C)C(=O)OC(C)(C)C. The van der Waals surface area contributed by atoms with Crippen molar-refractivity contribution in [2.45, 2.75) is 65.6 Å². The second-order valence-electron chi connectivity index (χ2n) is 9.38. The Labute approximate surface area is 198 Å². The first-order chi connectivity index (χ1) is 15.4. The normalized spacial score (nSPS) is 12.1. The summed E-state index contributed by atoms with van der Waals surface area (Å²) in [6.45, 7) is 10.9. The molecule has 186 valence electrons. The van der Waals surface area contributed by atoms with E-state index in [9.17, 15) is 29.1 Å². The summed E-state index contributed by atoms with van der Waals surface area (Å²) in [6, 6.07) is 3.94. The Balaban J connectivity index is 3.72. The van der Waals surface area contributed by atoms with Gasteiger partial charge in [-0.2, -0.15) is 0 Å². The quantitative estimate of drug-likeness (QED) is 0.262. The van der Waals surface area contributed by atoms with Crippen molar-refractivity contribution in [3.05, 3.63) is 40.6 Å². The van der Waals surface area contributed by atoms with Gasteiger partial charge in [0, 0.05) is 6.92 Å². The summed E-state index contributed by atoms with van der Waals surface area (Å²) >= 11 is 0. The number of carbonyl (C=O) groups excluding carboxylic acids is 4. The summed E-state index contributed by atoms with van der Waals surface area (Å²) in [7, 11) is 1.12. The molecule has 1 aromatic carbocycles. The van der Waals surface area contributed by atoms with E-state index in [1.54, 1.807) is 41.5 Å². The highest BCUT2D eigenvalue weighted by Gasteiger charge is 2.38. The summed E-state index contributed by atoms with van der Waals surface area (Å²) in [4.78, 5) is 61.3. The molecule has 0 atom stereocenters. The molecule has 0 aliphatic heterocycles. The smallest absolute Gasteiger partial charge is 0.352 e. The standard InChI is InChI=1S/C24H31NO9/c1-13(26)25-17(19(27)28)12-14-9-10-15(16(11-14)20(29)32-8)18(21(30)33-23(2,3)4)22(31)34-24(5,6)7/h9-12,18H,1-8H3,(H,25,26)(H,27,28)/b17-12-. The van der Waals surface area contributed by atoms with Crippen molar-refractivity contribution in [1.29, 1.82) is 0 Å². The summed E-state index contributed by atoms with van der Waals surface area (Å²) in [6.07, 6.45) is 1.12. The van der Waals surface area contributed by atoms with Crippen LogP contribution in [0.4, 0.5) is 0 Å². The van der Waals surface area contributed by atoms with Crippen molar-refractivity contribution in [3.8, 4) is 0 Å². The lowest BCUT2D eigenvalue weighted by molar-refractivity contribution is -0.169. The molecule has 0 radical (unpaired) electrons. The number of aliphatic carboxylic acids is 1. The second-order valence-corrected chi connectivity index (χ2v) is 9.38. The molecule has 0 aliphatic rings. The first-order valence-electron chi connectivity index (χ1n) is 10.4. The number of nitrogens with one attached hydrogen (secondary N) is 1. The Bertz CT molecular complexity index is 982. The zero-order valence-corrected chi connectivity index (χ0v) is 20.6. The number of benzene rings is 1. The van der Waals surface area contributed by atoms with E-state index in [1.165, 1.54) is 18.2 Å². The molecule has 0 heterocycles. The molecule has 34 heavy (non-hydrogen) atoms. The number of hydrogen-bond acceptors (Lipinski definition) is 8. The van der Waals surface area contributed by atoms with Gasteiger partial charge in [-0.3, -0.25) is 14.4 Å². The van der Waals surface area contributed by atoms with E-state index in [2.05, 4.69) is 5.32 Å². The number of carboxylic acids is 1. The zero-order valence-electron chi connectivity index (χ0n) is 20.6. The molecular formula is C24H31NO9. The predicted molar refractivity (Wildman–Crippen MR) is 122 cm³/mol. The minimum Gasteiger partial charge on any atom is -0.477 e. The van der Waals surface area contributed by atoms with E-state index >= 15 is 0 Å². The molecule has 0 unspecified atom stereocenters. The van der Waals surface area contributed by atoms with Crippen LogP contribution in [0.25, 0.3) is 6.08 Å². The molecule has 0 bridgehead atoms. The van der Waals surface area contributed by atoms with Crippen LogP contribution in [-0.4, -0.2) is 53.2 Å². The van der Waals surface area contributed by atoms with Gasteiger partial charge >= 0.3 is 23.9 Å². The molecule has 2 N–H and O–H groups in total. The monoisotopic (exact) mass is 477 g/mol. The molecular weight excluding hydrogens is 446 g/mol. The number of carboxylic acid groups (broad SMARTS) is 1. The Kier molecular flexibility index (Phi) is 9.13. The average molecular weight is 478 g/mol. The summed E-state index contributed by atoms with van der Waals surface area (Å²) in [5.74, 6) is -6.36. The highest BCUT2D eigenvalue weighted by molar-refractivity contribution is 6.05. The molecule has 0 saturated carbocycles. The van der Waals surface area contributed by atoms with Crippen LogP contribution < -0.4 is 5.32 Å². The van der Waals surface area contributed by atoms with E-state index in [4.69, 9.17) is 14.2 Å². The summed E-state index contributed by atoms with van der Waals surface area (Å²) in [5.41, 5.74) is -2.32. The van der Waals surface area contributed by atoms with Gasteiger partial charge in [-0.05, 0) is 64.8 Å². The van der Waals surface area contributed by atoms with Crippen LogP contribution in [-0.2, 0) is 33.4 Å². The molecule has 10 heteroatoms. The number of amides is 1. The number of carbonyl (C=O) groups is 5. The summed E-state index contributed by atoms with van der Waals surface area (Å²) in [5, 5.41) is 11.5. The fraction of sp³-hybridized carbons (Fsp3) is 0.458. The number of methoxy groups -OCH3 is 1. The van der Waals surface area contributed by atoms with Crippen LogP contribution >= 0.6 is 0 Å². The van der Waals surface area contributed by atoms with E-state index < -0.39 is 52.6 Å². The van der Waals surface area contributed by atoms with Crippen molar-refractivity contribution in [1.82, 2.24) is 5.32 Å². The molecule has 0 spiro atoms. The molecule has 1 amide bonds. The van der Waals surface area contributed by atoms with Gasteiger partial charge in [0.05, 0.1) is 12.7 Å². The molecule has 0 saturated heterocycles. The average Bonchev–Trinajstić information content (AvgIpc) is 2.64. The fourth-order valence-electron chi connectivity index (χ4n) is 2.78. The first kappa shape index (κ1) is 28.3. The molecule has 0 aliphatic carbocycles. The predicted octanol–water partition coefficient (Wildman–Crippen LogP) is 2.80. The highest BCUT2D eigenvalue weighted by Crippen LogP contribution is 2.29. The van der Waals surface area contributed by atoms with Crippen molar-refractivity contribution in [2.75, 3.05) is 7.11 Å². The molecule has 1 aromatic rings. The van der Waals surface area contributed by atoms with E-state index in [1.807, 2.05) is 0 Å². The third-order valence-electron chi connectivity index (χ3n) is 3.93.